The van der Waals surface area contributed by atoms with Crippen LogP contribution in [0.15, 0.2) is 6.07 Å². The van der Waals surface area contributed by atoms with Crippen LogP contribution in [0.2, 0.25) is 0 Å². The van der Waals surface area contributed by atoms with E-state index in [4.69, 9.17) is 0 Å². The molecule has 0 spiro atoms. The predicted octanol–water partition coefficient (Wildman–Crippen LogP) is 2.89. The number of fused-ring (bicyclic) bond motifs is 2. The van der Waals surface area contributed by atoms with Gasteiger partial charge in [-0.1, -0.05) is 6.07 Å². The smallest absolute Gasteiger partial charge is 0.239 e. The highest BCUT2D eigenvalue weighted by atomic mass is 32.2. The van der Waals surface area contributed by atoms with E-state index in [1.54, 1.807) is 0 Å². The summed E-state index contributed by atoms with van der Waals surface area (Å²) in [6.45, 7) is 5.68. The number of anilines is 1. The quantitative estimate of drug-likeness (QED) is 0.819. The first-order valence-corrected chi connectivity index (χ1v) is 12.5. The highest BCUT2D eigenvalue weighted by molar-refractivity contribution is 7.92. The van der Waals surface area contributed by atoms with E-state index in [-0.39, 0.29) is 5.91 Å². The van der Waals surface area contributed by atoms with Gasteiger partial charge in [0, 0.05) is 18.3 Å². The summed E-state index contributed by atoms with van der Waals surface area (Å²) in [5, 5.41) is 2.61. The lowest BCUT2D eigenvalue weighted by Crippen LogP contribution is -2.46. The number of carbonyl (C=O) groups excluding carboxylic acids is 1. The normalized spacial score (nSPS) is 22.3. The van der Waals surface area contributed by atoms with Crippen molar-refractivity contribution in [1.82, 2.24) is 4.90 Å². The van der Waals surface area contributed by atoms with Crippen LogP contribution in [-0.4, -0.2) is 49.4 Å². The van der Waals surface area contributed by atoms with E-state index >= 15 is 0 Å². The molecule has 154 valence electrons. The molecule has 1 heterocycles. The number of piperidine rings is 1. The average Bonchev–Trinajstić information content (AvgIpc) is 3.30. The topological polar surface area (TPSA) is 66.5 Å². The van der Waals surface area contributed by atoms with Gasteiger partial charge in [0.15, 0.2) is 9.84 Å². The molecule has 0 saturated carbocycles. The van der Waals surface area contributed by atoms with Gasteiger partial charge in [-0.15, -0.1) is 0 Å². The molecule has 1 atom stereocenters. The number of sulfone groups is 1. The monoisotopic (exact) mass is 404 g/mol. The summed E-state index contributed by atoms with van der Waals surface area (Å²) in [6.07, 6.45) is 7.87. The fraction of sp³-hybridized carbons (Fsp3) is 0.682. The first-order chi connectivity index (χ1) is 13.3. The van der Waals surface area contributed by atoms with Gasteiger partial charge < -0.3 is 5.32 Å². The number of carbonyl (C=O) groups is 1. The molecule has 0 aromatic heterocycles. The molecule has 4 rings (SSSR count). The van der Waals surface area contributed by atoms with Crippen LogP contribution in [0.5, 0.6) is 0 Å². The van der Waals surface area contributed by atoms with Gasteiger partial charge in [-0.2, -0.15) is 0 Å². The number of likely N-dealkylation sites (tertiary alicyclic amines) is 1. The number of nitrogens with zero attached hydrogens (tertiary/aromatic N) is 1. The van der Waals surface area contributed by atoms with Crippen LogP contribution in [0.25, 0.3) is 0 Å². The van der Waals surface area contributed by atoms with Gasteiger partial charge in [-0.3, -0.25) is 9.69 Å². The number of nitrogens with one attached hydrogen (secondary N) is 1. The van der Waals surface area contributed by atoms with Crippen LogP contribution in [0.4, 0.5) is 5.69 Å². The summed E-state index contributed by atoms with van der Waals surface area (Å²) in [7, 11) is -3.45. The van der Waals surface area contributed by atoms with Crippen LogP contribution in [0.1, 0.15) is 61.8 Å². The second kappa shape index (κ2) is 7.79. The predicted molar refractivity (Wildman–Crippen MR) is 113 cm³/mol. The zero-order valence-corrected chi connectivity index (χ0v) is 17.9. The summed E-state index contributed by atoms with van der Waals surface area (Å²) in [5.74, 6) is -0.766. The molecule has 1 fully saturated rings. The number of hydrogen-bond donors (Lipinski definition) is 1. The Bertz CT molecular complexity index is 844. The van der Waals surface area contributed by atoms with Crippen molar-refractivity contribution < 1.29 is 13.2 Å². The highest BCUT2D eigenvalue weighted by Crippen LogP contribution is 2.38. The number of hydrogen-bond acceptors (Lipinski definition) is 4. The largest absolute Gasteiger partial charge is 0.325 e. The van der Waals surface area contributed by atoms with Crippen molar-refractivity contribution in [2.75, 3.05) is 24.2 Å². The van der Waals surface area contributed by atoms with Gasteiger partial charge in [0.2, 0.25) is 5.91 Å². The second-order valence-electron chi connectivity index (χ2n) is 8.94. The summed E-state index contributed by atoms with van der Waals surface area (Å²) < 4.78 is 25.9. The molecule has 1 amide bonds. The molecule has 6 heteroatoms. The van der Waals surface area contributed by atoms with Gasteiger partial charge in [0.1, 0.15) is 5.75 Å². The molecule has 3 aliphatic rings. The zero-order valence-electron chi connectivity index (χ0n) is 17.1. The van der Waals surface area contributed by atoms with E-state index in [0.29, 0.717) is 19.0 Å². The van der Waals surface area contributed by atoms with E-state index in [0.717, 1.165) is 57.2 Å². The van der Waals surface area contributed by atoms with E-state index in [9.17, 15) is 13.2 Å². The SMILES string of the molecule is CC(C)N1CCCC(S(=O)(=O)CC(=O)Nc2c3c(cc4c2CCC4)CCC3)C1. The van der Waals surface area contributed by atoms with Crippen LogP contribution in [-0.2, 0) is 40.3 Å². The lowest BCUT2D eigenvalue weighted by Gasteiger charge is -2.35. The van der Waals surface area contributed by atoms with Gasteiger partial charge in [0.05, 0.1) is 5.25 Å². The molecule has 28 heavy (non-hydrogen) atoms. The first-order valence-electron chi connectivity index (χ1n) is 10.8. The van der Waals surface area contributed by atoms with Crippen LogP contribution < -0.4 is 5.32 Å². The minimum Gasteiger partial charge on any atom is -0.325 e. The molecule has 0 bridgehead atoms. The molecule has 1 unspecified atom stereocenters. The Morgan fingerprint density at radius 2 is 1.75 bits per heavy atom. The first kappa shape index (κ1) is 19.9. The Hall–Kier alpha value is -1.40. The molecule has 5 nitrogen and oxygen atoms in total. The molecule has 1 aromatic rings. The van der Waals surface area contributed by atoms with E-state index in [1.807, 2.05) is 0 Å². The maximum absolute atomic E-state index is 12.9. The maximum atomic E-state index is 12.9. The van der Waals surface area contributed by atoms with Crippen molar-refractivity contribution in [2.45, 2.75) is 76.5 Å². The van der Waals surface area contributed by atoms with Crippen LogP contribution in [0.3, 0.4) is 0 Å². The van der Waals surface area contributed by atoms with Crippen molar-refractivity contribution in [3.63, 3.8) is 0 Å². The lowest BCUT2D eigenvalue weighted by atomic mass is 9.98. The van der Waals surface area contributed by atoms with Crippen LogP contribution in [0, 0.1) is 0 Å². The van der Waals surface area contributed by atoms with Crippen molar-refractivity contribution in [1.29, 1.82) is 0 Å². The molecule has 2 aliphatic carbocycles. The molecule has 1 aromatic carbocycles. The Labute approximate surface area is 168 Å². The average molecular weight is 405 g/mol. The Morgan fingerprint density at radius 1 is 1.11 bits per heavy atom. The number of rotatable bonds is 5. The van der Waals surface area contributed by atoms with Crippen molar-refractivity contribution >= 4 is 21.4 Å². The Balaban J connectivity index is 1.49. The number of benzene rings is 1. The van der Waals surface area contributed by atoms with E-state index in [2.05, 4.69) is 30.1 Å². The third kappa shape index (κ3) is 3.86. The molecule has 0 radical (unpaired) electrons. The van der Waals surface area contributed by atoms with Crippen molar-refractivity contribution in [3.05, 3.63) is 28.3 Å². The van der Waals surface area contributed by atoms with Gasteiger partial charge in [-0.25, -0.2) is 8.42 Å². The standard InChI is InChI=1S/C22H32N2O3S/c1-15(2)24-11-5-8-18(13-24)28(26,27)14-21(25)23-22-19-9-3-6-16(19)12-17-7-4-10-20(17)22/h12,15,18H,3-11,13-14H2,1-2H3,(H,23,25). The summed E-state index contributed by atoms with van der Waals surface area (Å²) in [4.78, 5) is 15.0. The number of amides is 1. The minimum atomic E-state index is -3.45. The fourth-order valence-electron chi connectivity index (χ4n) is 5.17. The van der Waals surface area contributed by atoms with Crippen molar-refractivity contribution in [2.24, 2.45) is 0 Å². The molecule has 1 N–H and O–H groups in total. The zero-order chi connectivity index (χ0) is 19.9. The molecule has 1 aliphatic heterocycles. The Kier molecular flexibility index (Phi) is 5.53. The summed E-state index contributed by atoms with van der Waals surface area (Å²) in [5.41, 5.74) is 6.12. The van der Waals surface area contributed by atoms with Crippen LogP contribution >= 0.6 is 0 Å². The molecular weight excluding hydrogens is 372 g/mol. The second-order valence-corrected chi connectivity index (χ2v) is 11.2. The van der Waals surface area contributed by atoms with E-state index in [1.165, 1.54) is 22.3 Å². The van der Waals surface area contributed by atoms with E-state index < -0.39 is 20.8 Å². The van der Waals surface area contributed by atoms with Gasteiger partial charge in [-0.05, 0) is 94.0 Å². The third-order valence-corrected chi connectivity index (χ3v) is 8.78. The summed E-state index contributed by atoms with van der Waals surface area (Å²) >= 11 is 0. The summed E-state index contributed by atoms with van der Waals surface area (Å²) in [6, 6.07) is 2.65. The highest BCUT2D eigenvalue weighted by Gasteiger charge is 2.34. The number of aryl methyl sites for hydroxylation is 2. The molecular formula is C22H32N2O3S. The lowest BCUT2D eigenvalue weighted by molar-refractivity contribution is -0.113. The fourth-order valence-corrected chi connectivity index (χ4v) is 6.79. The van der Waals surface area contributed by atoms with Gasteiger partial charge in [0.25, 0.3) is 0 Å². The molecule has 1 saturated heterocycles. The minimum absolute atomic E-state index is 0.335. The maximum Gasteiger partial charge on any atom is 0.239 e. The Morgan fingerprint density at radius 3 is 2.36 bits per heavy atom. The third-order valence-electron chi connectivity index (χ3n) is 6.72. The van der Waals surface area contributed by atoms with Crippen molar-refractivity contribution in [3.8, 4) is 0 Å². The van der Waals surface area contributed by atoms with Gasteiger partial charge >= 0.3 is 0 Å².